The van der Waals surface area contributed by atoms with Gasteiger partial charge in [0.05, 0.1) is 16.1 Å². The van der Waals surface area contributed by atoms with Gasteiger partial charge < -0.3 is 4.90 Å². The normalized spacial score (nSPS) is 17.3. The van der Waals surface area contributed by atoms with Crippen LogP contribution in [-0.2, 0) is 19.6 Å². The zero-order valence-electron chi connectivity index (χ0n) is 20.7. The van der Waals surface area contributed by atoms with Gasteiger partial charge in [-0.15, -0.1) is 0 Å². The molecule has 0 aromatic heterocycles. The fourth-order valence-electron chi connectivity index (χ4n) is 3.69. The van der Waals surface area contributed by atoms with Crippen molar-refractivity contribution in [3.8, 4) is 0 Å². The highest BCUT2D eigenvalue weighted by atomic mass is 35.5. The number of anilines is 1. The second-order valence-electron chi connectivity index (χ2n) is 9.72. The minimum atomic E-state index is -3.85. The summed E-state index contributed by atoms with van der Waals surface area (Å²) >= 11 is 6.35. The van der Waals surface area contributed by atoms with Crippen LogP contribution in [0.25, 0.3) is 0 Å². The molecule has 1 aliphatic rings. The molecule has 7 nitrogen and oxygen atoms in total. The second kappa shape index (κ2) is 10.5. The van der Waals surface area contributed by atoms with Gasteiger partial charge in [-0.25, -0.2) is 8.42 Å². The maximum absolute atomic E-state index is 13.8. The predicted molar refractivity (Wildman–Crippen MR) is 141 cm³/mol. The molecule has 0 bridgehead atoms. The summed E-state index contributed by atoms with van der Waals surface area (Å²) in [5, 5.41) is 0.496. The van der Waals surface area contributed by atoms with Gasteiger partial charge in [0.2, 0.25) is 15.9 Å². The number of carbonyl (C=O) groups excluding carboxylic acids is 2. The molecule has 1 heterocycles. The Morgan fingerprint density at radius 1 is 1.17 bits per heavy atom. The van der Waals surface area contributed by atoms with Crippen molar-refractivity contribution in [1.82, 2.24) is 4.72 Å². The highest BCUT2D eigenvalue weighted by molar-refractivity contribution is 7.91. The highest BCUT2D eigenvalue weighted by Crippen LogP contribution is 2.33. The molecule has 1 N–H and O–H groups in total. The summed E-state index contributed by atoms with van der Waals surface area (Å²) in [6.07, 6.45) is 0.550. The summed E-state index contributed by atoms with van der Waals surface area (Å²) < 4.78 is 25.8. The smallest absolute Gasteiger partial charge is 0.252 e. The second-order valence-corrected chi connectivity index (χ2v) is 12.6. The monoisotopic (exact) mass is 517 g/mol. The van der Waals surface area contributed by atoms with Gasteiger partial charge in [0, 0.05) is 29.1 Å². The van der Waals surface area contributed by atoms with E-state index in [1.807, 2.05) is 44.2 Å². The quantitative estimate of drug-likeness (QED) is 0.581. The lowest BCUT2D eigenvalue weighted by atomic mass is 9.98. The first-order valence-electron chi connectivity index (χ1n) is 11.7. The predicted octanol–water partition coefficient (Wildman–Crippen LogP) is 4.57. The number of carbonyl (C=O) groups is 2. The van der Waals surface area contributed by atoms with Gasteiger partial charge in [0.25, 0.3) is 5.91 Å². The number of rotatable bonds is 7. The van der Waals surface area contributed by atoms with Crippen molar-refractivity contribution < 1.29 is 18.0 Å². The first-order valence-corrected chi connectivity index (χ1v) is 13.5. The Kier molecular flexibility index (Phi) is 8.07. The van der Waals surface area contributed by atoms with E-state index in [4.69, 9.17) is 16.6 Å². The van der Waals surface area contributed by atoms with Crippen LogP contribution in [0.1, 0.15) is 58.6 Å². The van der Waals surface area contributed by atoms with Crippen molar-refractivity contribution in [2.24, 2.45) is 10.9 Å². The molecule has 0 fully saturated rings. The van der Waals surface area contributed by atoms with Gasteiger partial charge >= 0.3 is 0 Å². The van der Waals surface area contributed by atoms with Gasteiger partial charge in [0.1, 0.15) is 6.04 Å². The van der Waals surface area contributed by atoms with Crippen molar-refractivity contribution in [3.05, 3.63) is 64.7 Å². The molecule has 0 aliphatic carbocycles. The number of sulfonamides is 1. The third-order valence-electron chi connectivity index (χ3n) is 6.14. The largest absolute Gasteiger partial charge is 0.309 e. The molecule has 0 spiro atoms. The summed E-state index contributed by atoms with van der Waals surface area (Å²) in [7, 11) is -3.85. The van der Waals surface area contributed by atoms with Crippen molar-refractivity contribution >= 4 is 44.8 Å². The van der Waals surface area contributed by atoms with Crippen LogP contribution in [0.3, 0.4) is 0 Å². The molecule has 2 aromatic carbocycles. The standard InChI is InChI=1S/C26H32ClN3O4S/c1-6-17(2)23-25(32)30(15-14-22(31)29-35(33,34)26(3,4)5)21-13-12-19(27)16-20(21)24(28-23)18-10-8-7-9-11-18/h7-13,16-17,23H,6,14-15H2,1-5H3,(H,29,31)/t17-,23-/m0/s1. The zero-order chi connectivity index (χ0) is 26.0. The summed E-state index contributed by atoms with van der Waals surface area (Å²) in [5.74, 6) is -0.958. The van der Waals surface area contributed by atoms with Crippen LogP contribution < -0.4 is 9.62 Å². The van der Waals surface area contributed by atoms with Crippen LogP contribution in [0.2, 0.25) is 5.02 Å². The molecule has 0 radical (unpaired) electrons. The van der Waals surface area contributed by atoms with E-state index in [2.05, 4.69) is 4.72 Å². The maximum Gasteiger partial charge on any atom is 0.252 e. The molecule has 2 amide bonds. The molecule has 2 aromatic rings. The lowest BCUT2D eigenvalue weighted by Gasteiger charge is -2.27. The molecule has 0 unspecified atom stereocenters. The molecular weight excluding hydrogens is 486 g/mol. The maximum atomic E-state index is 13.8. The number of fused-ring (bicyclic) bond motifs is 1. The third kappa shape index (κ3) is 5.93. The number of hydrogen-bond acceptors (Lipinski definition) is 5. The SMILES string of the molecule is CC[C@H](C)[C@@H]1N=C(c2ccccc2)c2cc(Cl)ccc2N(CCC(=O)NS(=O)(=O)C(C)(C)C)C1=O. The number of halogens is 1. The molecule has 3 rings (SSSR count). The highest BCUT2D eigenvalue weighted by Gasteiger charge is 2.36. The number of nitrogens with zero attached hydrogens (tertiary/aromatic N) is 2. The minimum Gasteiger partial charge on any atom is -0.309 e. The lowest BCUT2D eigenvalue weighted by molar-refractivity contribution is -0.121. The Morgan fingerprint density at radius 2 is 1.83 bits per heavy atom. The fourth-order valence-corrected chi connectivity index (χ4v) is 4.57. The van der Waals surface area contributed by atoms with Gasteiger partial charge in [-0.05, 0) is 44.9 Å². The van der Waals surface area contributed by atoms with E-state index in [0.29, 0.717) is 22.0 Å². The molecule has 188 valence electrons. The lowest BCUT2D eigenvalue weighted by Crippen LogP contribution is -2.45. The van der Waals surface area contributed by atoms with E-state index < -0.39 is 26.7 Å². The number of hydrogen-bond donors (Lipinski definition) is 1. The van der Waals surface area contributed by atoms with E-state index in [9.17, 15) is 18.0 Å². The summed E-state index contributed by atoms with van der Waals surface area (Å²) in [4.78, 5) is 32.8. The van der Waals surface area contributed by atoms with Crippen LogP contribution in [0, 0.1) is 5.92 Å². The Labute approximate surface area is 212 Å². The number of amides is 2. The first kappa shape index (κ1) is 26.9. The molecule has 1 aliphatic heterocycles. The Morgan fingerprint density at radius 3 is 2.43 bits per heavy atom. The molecule has 9 heteroatoms. The van der Waals surface area contributed by atoms with Crippen LogP contribution in [0.15, 0.2) is 53.5 Å². The average Bonchev–Trinajstić information content (AvgIpc) is 2.90. The van der Waals surface area contributed by atoms with Gasteiger partial charge in [-0.2, -0.15) is 0 Å². The number of benzene rings is 2. The Bertz CT molecular complexity index is 1240. The van der Waals surface area contributed by atoms with E-state index >= 15 is 0 Å². The number of aliphatic imine (C=N–C) groups is 1. The Balaban J connectivity index is 2.03. The van der Waals surface area contributed by atoms with Crippen molar-refractivity contribution in [2.75, 3.05) is 11.4 Å². The van der Waals surface area contributed by atoms with E-state index in [0.717, 1.165) is 12.0 Å². The van der Waals surface area contributed by atoms with Crippen molar-refractivity contribution in [3.63, 3.8) is 0 Å². The van der Waals surface area contributed by atoms with Crippen molar-refractivity contribution in [2.45, 2.75) is 58.2 Å². The summed E-state index contributed by atoms with van der Waals surface area (Å²) in [6, 6.07) is 14.1. The molecule has 2 atom stereocenters. The fraction of sp³-hybridized carbons (Fsp3) is 0.423. The molecule has 35 heavy (non-hydrogen) atoms. The Hall–Kier alpha value is -2.71. The van der Waals surface area contributed by atoms with Crippen LogP contribution >= 0.6 is 11.6 Å². The molecule has 0 saturated carbocycles. The zero-order valence-corrected chi connectivity index (χ0v) is 22.3. The van der Waals surface area contributed by atoms with E-state index in [1.165, 1.54) is 25.7 Å². The minimum absolute atomic E-state index is 0.00346. The summed E-state index contributed by atoms with van der Waals surface area (Å²) in [5.41, 5.74) is 2.78. The number of benzodiazepines with no additional fused rings is 1. The topological polar surface area (TPSA) is 95.9 Å². The molecular formula is C26H32ClN3O4S. The van der Waals surface area contributed by atoms with Crippen LogP contribution in [0.5, 0.6) is 0 Å². The first-order chi connectivity index (χ1) is 16.4. The van der Waals surface area contributed by atoms with Gasteiger partial charge in [-0.1, -0.05) is 62.2 Å². The van der Waals surface area contributed by atoms with E-state index in [-0.39, 0.29) is 24.8 Å². The number of nitrogens with one attached hydrogen (secondary N) is 1. The molecule has 0 saturated heterocycles. The van der Waals surface area contributed by atoms with Gasteiger partial charge in [-0.3, -0.25) is 19.3 Å². The average molecular weight is 518 g/mol. The van der Waals surface area contributed by atoms with Crippen molar-refractivity contribution in [1.29, 1.82) is 0 Å². The third-order valence-corrected chi connectivity index (χ3v) is 8.48. The van der Waals surface area contributed by atoms with Crippen LogP contribution in [-0.4, -0.2) is 43.3 Å². The van der Waals surface area contributed by atoms with Gasteiger partial charge in [0.15, 0.2) is 0 Å². The van der Waals surface area contributed by atoms with Crippen LogP contribution in [0.4, 0.5) is 5.69 Å². The summed E-state index contributed by atoms with van der Waals surface area (Å²) in [6.45, 7) is 8.52. The van der Waals surface area contributed by atoms with E-state index in [1.54, 1.807) is 18.2 Å².